The van der Waals surface area contributed by atoms with E-state index >= 15 is 0 Å². The van der Waals surface area contributed by atoms with E-state index in [0.717, 1.165) is 5.69 Å². The average Bonchev–Trinajstić information content (AvgIpc) is 2.81. The molecule has 5 heteroatoms. The monoisotopic (exact) mass is 298 g/mol. The molecule has 0 saturated heterocycles. The van der Waals surface area contributed by atoms with Gasteiger partial charge in [0.25, 0.3) is 0 Å². The normalized spacial score (nSPS) is 16.5. The maximum Gasteiger partial charge on any atom is 0.161 e. The molecule has 0 bridgehead atoms. The molecule has 3 nitrogen and oxygen atoms in total. The molecule has 2 aliphatic heterocycles. The molecule has 0 aliphatic carbocycles. The van der Waals surface area contributed by atoms with Gasteiger partial charge in [0, 0.05) is 19.0 Å². The Bertz CT molecular complexity index is 796. The summed E-state index contributed by atoms with van der Waals surface area (Å²) in [4.78, 5) is 15.2. The third-order valence-electron chi connectivity index (χ3n) is 3.95. The van der Waals surface area contributed by atoms with E-state index in [1.807, 2.05) is 23.1 Å². The fourth-order valence-corrected chi connectivity index (χ4v) is 3.00. The number of anilines is 3. The van der Waals surface area contributed by atoms with Crippen molar-refractivity contribution >= 4 is 22.8 Å². The van der Waals surface area contributed by atoms with E-state index in [0.29, 0.717) is 24.5 Å². The summed E-state index contributed by atoms with van der Waals surface area (Å²) in [5.74, 6) is -0.853. The summed E-state index contributed by atoms with van der Waals surface area (Å²) < 4.78 is 28.5. The van der Waals surface area contributed by atoms with Crippen LogP contribution in [0.25, 0.3) is 0 Å². The first-order chi connectivity index (χ1) is 10.7. The lowest BCUT2D eigenvalue weighted by Gasteiger charge is -2.28. The van der Waals surface area contributed by atoms with Crippen LogP contribution in [0.15, 0.2) is 54.4 Å². The van der Waals surface area contributed by atoms with Gasteiger partial charge in [0.2, 0.25) is 0 Å². The van der Waals surface area contributed by atoms with E-state index in [1.165, 1.54) is 29.2 Å². The van der Waals surface area contributed by atoms with E-state index < -0.39 is 11.6 Å². The lowest BCUT2D eigenvalue weighted by molar-refractivity contribution is -0.114. The van der Waals surface area contributed by atoms with Crippen LogP contribution in [-0.2, 0) is 4.79 Å². The number of benzene rings is 2. The molecule has 2 aromatic rings. The molecule has 0 radical (unpaired) electrons. The van der Waals surface area contributed by atoms with Crippen LogP contribution < -0.4 is 9.80 Å². The van der Waals surface area contributed by atoms with Crippen LogP contribution in [0.1, 0.15) is 6.42 Å². The molecule has 22 heavy (non-hydrogen) atoms. The molecule has 2 heterocycles. The lowest BCUT2D eigenvalue weighted by Crippen LogP contribution is -2.32. The van der Waals surface area contributed by atoms with Gasteiger partial charge in [-0.2, -0.15) is 0 Å². The number of carbonyl (C=O) groups is 1. The third kappa shape index (κ3) is 1.75. The molecule has 0 N–H and O–H groups in total. The Kier molecular flexibility index (Phi) is 2.76. The Hall–Kier alpha value is -2.69. The number of nitrogens with zero attached hydrogens (tertiary/aromatic N) is 2. The highest BCUT2D eigenvalue weighted by Crippen LogP contribution is 2.48. The van der Waals surface area contributed by atoms with Crippen molar-refractivity contribution in [3.8, 4) is 0 Å². The van der Waals surface area contributed by atoms with E-state index in [9.17, 15) is 13.6 Å². The zero-order chi connectivity index (χ0) is 15.3. The summed E-state index contributed by atoms with van der Waals surface area (Å²) in [5, 5.41) is 0. The third-order valence-corrected chi connectivity index (χ3v) is 3.95. The van der Waals surface area contributed by atoms with Gasteiger partial charge in [-0.15, -0.1) is 0 Å². The molecule has 0 spiro atoms. The number of fused-ring (bicyclic) bond motifs is 3. The van der Waals surface area contributed by atoms with E-state index in [2.05, 4.69) is 0 Å². The molecule has 0 aromatic heterocycles. The predicted octanol–water partition coefficient (Wildman–Crippen LogP) is 3.74. The standard InChI is InChI=1S/C17H12F2N2O/c18-12-4-3-5-13(19)17(12)21-15-7-2-1-6-14(15)20-9-8-11(22)10-16(20)21/h1-7,10H,8-9H2. The van der Waals surface area contributed by atoms with Crippen LogP contribution in [0.5, 0.6) is 0 Å². The van der Waals surface area contributed by atoms with Gasteiger partial charge in [0.05, 0.1) is 11.4 Å². The summed E-state index contributed by atoms with van der Waals surface area (Å²) >= 11 is 0. The molecule has 0 saturated carbocycles. The van der Waals surface area contributed by atoms with Crippen LogP contribution in [0.4, 0.5) is 25.8 Å². The predicted molar refractivity (Wildman–Crippen MR) is 80.0 cm³/mol. The maximum atomic E-state index is 14.2. The van der Waals surface area contributed by atoms with Gasteiger partial charge < -0.3 is 4.90 Å². The van der Waals surface area contributed by atoms with Crippen molar-refractivity contribution in [2.45, 2.75) is 6.42 Å². The minimum atomic E-state index is -0.657. The van der Waals surface area contributed by atoms with E-state index in [-0.39, 0.29) is 11.5 Å². The zero-order valence-corrected chi connectivity index (χ0v) is 11.6. The molecule has 4 rings (SSSR count). The Morgan fingerprint density at radius 3 is 2.32 bits per heavy atom. The highest BCUT2D eigenvalue weighted by molar-refractivity contribution is 5.99. The molecule has 2 aromatic carbocycles. The SMILES string of the molecule is O=C1C=C2N(CC1)c1ccccc1N2c1c(F)cccc1F. The van der Waals surface area contributed by atoms with Crippen LogP contribution in [-0.4, -0.2) is 12.3 Å². The van der Waals surface area contributed by atoms with Gasteiger partial charge in [-0.05, 0) is 24.3 Å². The number of halogens is 2. The van der Waals surface area contributed by atoms with Crippen LogP contribution in [0.3, 0.4) is 0 Å². The fraction of sp³-hybridized carbons (Fsp3) is 0.118. The smallest absolute Gasteiger partial charge is 0.161 e. The van der Waals surface area contributed by atoms with E-state index in [1.54, 1.807) is 6.07 Å². The van der Waals surface area contributed by atoms with Crippen molar-refractivity contribution in [2.75, 3.05) is 16.3 Å². The summed E-state index contributed by atoms with van der Waals surface area (Å²) in [5.41, 5.74) is 1.37. The molecular weight excluding hydrogens is 286 g/mol. The minimum Gasteiger partial charge on any atom is -0.325 e. The van der Waals surface area contributed by atoms with Crippen molar-refractivity contribution < 1.29 is 13.6 Å². The number of carbonyl (C=O) groups excluding carboxylic acids is 1. The van der Waals surface area contributed by atoms with Crippen molar-refractivity contribution in [3.05, 3.63) is 66.0 Å². The molecule has 0 unspecified atom stereocenters. The highest BCUT2D eigenvalue weighted by atomic mass is 19.1. The van der Waals surface area contributed by atoms with Gasteiger partial charge in [-0.25, -0.2) is 8.78 Å². The second kappa shape index (κ2) is 4.66. The quantitative estimate of drug-likeness (QED) is 0.801. The van der Waals surface area contributed by atoms with Crippen molar-refractivity contribution in [1.29, 1.82) is 0 Å². The highest BCUT2D eigenvalue weighted by Gasteiger charge is 2.37. The number of para-hydroxylation sites is 3. The van der Waals surface area contributed by atoms with Gasteiger partial charge in [-0.3, -0.25) is 9.69 Å². The van der Waals surface area contributed by atoms with Crippen molar-refractivity contribution in [3.63, 3.8) is 0 Å². The first kappa shape index (κ1) is 13.0. The van der Waals surface area contributed by atoms with Crippen LogP contribution in [0, 0.1) is 11.6 Å². The zero-order valence-electron chi connectivity index (χ0n) is 11.6. The van der Waals surface area contributed by atoms with Gasteiger partial charge in [0.15, 0.2) is 5.78 Å². The molecule has 0 atom stereocenters. The summed E-state index contributed by atoms with van der Waals surface area (Å²) in [6.45, 7) is 0.508. The number of rotatable bonds is 1. The largest absolute Gasteiger partial charge is 0.325 e. The summed E-state index contributed by atoms with van der Waals surface area (Å²) in [6, 6.07) is 11.1. The summed E-state index contributed by atoms with van der Waals surface area (Å²) in [7, 11) is 0. The summed E-state index contributed by atoms with van der Waals surface area (Å²) in [6.07, 6.45) is 1.85. The Morgan fingerprint density at radius 2 is 1.59 bits per heavy atom. The first-order valence-electron chi connectivity index (χ1n) is 7.02. The number of hydrogen-bond donors (Lipinski definition) is 0. The van der Waals surface area contributed by atoms with Gasteiger partial charge in [0.1, 0.15) is 23.1 Å². The lowest BCUT2D eigenvalue weighted by atomic mass is 10.2. The molecule has 0 amide bonds. The Morgan fingerprint density at radius 1 is 0.909 bits per heavy atom. The topological polar surface area (TPSA) is 23.6 Å². The molecule has 0 fully saturated rings. The molecule has 110 valence electrons. The Balaban J connectivity index is 1.99. The molecular formula is C17H12F2N2O. The second-order valence-electron chi connectivity index (χ2n) is 5.26. The number of ketones is 1. The van der Waals surface area contributed by atoms with Gasteiger partial charge >= 0.3 is 0 Å². The number of hydrogen-bond acceptors (Lipinski definition) is 3. The van der Waals surface area contributed by atoms with Crippen molar-refractivity contribution in [2.24, 2.45) is 0 Å². The van der Waals surface area contributed by atoms with E-state index in [4.69, 9.17) is 0 Å². The second-order valence-corrected chi connectivity index (χ2v) is 5.26. The van der Waals surface area contributed by atoms with Crippen molar-refractivity contribution in [1.82, 2.24) is 0 Å². The minimum absolute atomic E-state index is 0.0409. The molecule has 2 aliphatic rings. The van der Waals surface area contributed by atoms with Crippen LogP contribution in [0.2, 0.25) is 0 Å². The number of allylic oxidation sites excluding steroid dienone is 1. The maximum absolute atomic E-state index is 14.2. The van der Waals surface area contributed by atoms with Gasteiger partial charge in [-0.1, -0.05) is 18.2 Å². The fourth-order valence-electron chi connectivity index (χ4n) is 3.00. The first-order valence-corrected chi connectivity index (χ1v) is 7.02. The van der Waals surface area contributed by atoms with Crippen LogP contribution >= 0.6 is 0 Å². The Labute approximate surface area is 126 Å². The average molecular weight is 298 g/mol.